The highest BCUT2D eigenvalue weighted by Gasteiger charge is 2.22. The van der Waals surface area contributed by atoms with Gasteiger partial charge < -0.3 is 5.32 Å². The Balaban J connectivity index is 2.27. The van der Waals surface area contributed by atoms with E-state index in [0.717, 1.165) is 47.8 Å². The summed E-state index contributed by atoms with van der Waals surface area (Å²) in [5.74, 6) is 0. The molecule has 5 nitrogen and oxygen atoms in total. The first kappa shape index (κ1) is 16.4. The molecule has 1 atom stereocenters. The molecule has 7 heteroatoms. The molecule has 0 saturated carbocycles. The summed E-state index contributed by atoms with van der Waals surface area (Å²) >= 11 is 7.92. The van der Waals surface area contributed by atoms with Gasteiger partial charge in [0.25, 0.3) is 0 Å². The van der Waals surface area contributed by atoms with Crippen LogP contribution in [0.15, 0.2) is 0 Å². The Morgan fingerprint density at radius 3 is 2.67 bits per heavy atom. The maximum Gasteiger partial charge on any atom is 0.0850 e. The van der Waals surface area contributed by atoms with Crippen molar-refractivity contribution in [3.8, 4) is 0 Å². The Morgan fingerprint density at radius 1 is 1.33 bits per heavy atom. The Hall–Kier alpha value is -0.980. The second-order valence-electron chi connectivity index (χ2n) is 5.06. The van der Waals surface area contributed by atoms with Crippen LogP contribution >= 0.6 is 23.1 Å². The summed E-state index contributed by atoms with van der Waals surface area (Å²) in [6, 6.07) is 0.171. The molecule has 0 fully saturated rings. The second-order valence-corrected chi connectivity index (χ2v) is 6.23. The Morgan fingerprint density at radius 2 is 2.10 bits per heavy atom. The van der Waals surface area contributed by atoms with Crippen molar-refractivity contribution < 1.29 is 0 Å². The number of aryl methyl sites for hydroxylation is 3. The zero-order valence-corrected chi connectivity index (χ0v) is 14.6. The quantitative estimate of drug-likeness (QED) is 0.849. The number of likely N-dealkylation sites (N-methyl/N-ethyl adjacent to an activating group) is 1. The third-order valence-electron chi connectivity index (χ3n) is 3.64. The van der Waals surface area contributed by atoms with Crippen LogP contribution in [0.2, 0.25) is 5.02 Å². The number of hydrogen-bond acceptors (Lipinski definition) is 5. The summed E-state index contributed by atoms with van der Waals surface area (Å²) in [6.07, 6.45) is 3.67. The van der Waals surface area contributed by atoms with E-state index < -0.39 is 0 Å². The van der Waals surface area contributed by atoms with Crippen molar-refractivity contribution in [3.63, 3.8) is 0 Å². The number of aromatic nitrogens is 4. The van der Waals surface area contributed by atoms with Crippen molar-refractivity contribution in [1.29, 1.82) is 0 Å². The van der Waals surface area contributed by atoms with Crippen LogP contribution in [0.4, 0.5) is 0 Å². The van der Waals surface area contributed by atoms with Crippen molar-refractivity contribution >= 4 is 23.1 Å². The zero-order chi connectivity index (χ0) is 15.4. The van der Waals surface area contributed by atoms with E-state index in [1.165, 1.54) is 16.4 Å². The molecule has 2 aromatic heterocycles. The van der Waals surface area contributed by atoms with Crippen LogP contribution in [0.3, 0.4) is 0 Å². The molecule has 2 aromatic rings. The fourth-order valence-electron chi connectivity index (χ4n) is 2.45. The van der Waals surface area contributed by atoms with Gasteiger partial charge in [0, 0.05) is 13.5 Å². The summed E-state index contributed by atoms with van der Waals surface area (Å²) < 4.78 is 6.00. The molecule has 0 aromatic carbocycles. The number of nitrogens with zero attached hydrogens (tertiary/aromatic N) is 4. The van der Waals surface area contributed by atoms with E-state index in [0.29, 0.717) is 0 Å². The minimum atomic E-state index is 0.171. The summed E-state index contributed by atoms with van der Waals surface area (Å²) in [4.78, 5) is 1.20. The van der Waals surface area contributed by atoms with Crippen molar-refractivity contribution in [3.05, 3.63) is 27.0 Å². The predicted molar refractivity (Wildman–Crippen MR) is 87.0 cm³/mol. The van der Waals surface area contributed by atoms with Crippen LogP contribution in [0.5, 0.6) is 0 Å². The van der Waals surface area contributed by atoms with E-state index in [1.807, 2.05) is 18.8 Å². The Labute approximate surface area is 134 Å². The molecule has 0 aliphatic carbocycles. The number of halogens is 1. The van der Waals surface area contributed by atoms with E-state index in [-0.39, 0.29) is 6.04 Å². The molecule has 2 heterocycles. The molecule has 21 heavy (non-hydrogen) atoms. The van der Waals surface area contributed by atoms with Crippen LogP contribution in [-0.2, 0) is 26.3 Å². The van der Waals surface area contributed by atoms with Crippen LogP contribution < -0.4 is 5.32 Å². The van der Waals surface area contributed by atoms with Crippen molar-refractivity contribution in [2.75, 3.05) is 7.05 Å². The SMILES string of the molecule is CCCc1nnsc1C(Cc1c(Cl)c(CC)nn1C)NC. The minimum absolute atomic E-state index is 0.171. The fourth-order valence-corrected chi connectivity index (χ4v) is 3.63. The van der Waals surface area contributed by atoms with Gasteiger partial charge in [-0.05, 0) is 31.4 Å². The summed E-state index contributed by atoms with van der Waals surface area (Å²) in [5, 5.41) is 12.9. The maximum atomic E-state index is 6.45. The average molecular weight is 328 g/mol. The zero-order valence-electron chi connectivity index (χ0n) is 13.0. The van der Waals surface area contributed by atoms with Crippen LogP contribution in [-0.4, -0.2) is 26.4 Å². The lowest BCUT2D eigenvalue weighted by atomic mass is 10.1. The molecule has 0 bridgehead atoms. The van der Waals surface area contributed by atoms with Crippen molar-refractivity contribution in [2.24, 2.45) is 7.05 Å². The van der Waals surface area contributed by atoms with Gasteiger partial charge in [-0.15, -0.1) is 5.10 Å². The van der Waals surface area contributed by atoms with Crippen LogP contribution in [0.25, 0.3) is 0 Å². The van der Waals surface area contributed by atoms with Crippen LogP contribution in [0.1, 0.15) is 48.3 Å². The molecule has 0 spiro atoms. The lowest BCUT2D eigenvalue weighted by molar-refractivity contribution is 0.563. The van der Waals surface area contributed by atoms with Gasteiger partial charge in [0.1, 0.15) is 0 Å². The van der Waals surface area contributed by atoms with E-state index >= 15 is 0 Å². The molecule has 0 aliphatic rings. The van der Waals surface area contributed by atoms with E-state index in [4.69, 9.17) is 11.6 Å². The fraction of sp³-hybridized carbons (Fsp3) is 0.643. The lowest BCUT2D eigenvalue weighted by Crippen LogP contribution is -2.20. The van der Waals surface area contributed by atoms with Gasteiger partial charge in [-0.3, -0.25) is 4.68 Å². The molecule has 116 valence electrons. The van der Waals surface area contributed by atoms with Gasteiger partial charge in [0.05, 0.1) is 33.0 Å². The highest BCUT2D eigenvalue weighted by molar-refractivity contribution is 7.05. The van der Waals surface area contributed by atoms with Gasteiger partial charge in [0.2, 0.25) is 0 Å². The third-order valence-corrected chi connectivity index (χ3v) is 4.95. The Kier molecular flexibility index (Phi) is 5.72. The van der Waals surface area contributed by atoms with Gasteiger partial charge in [-0.25, -0.2) is 0 Å². The topological polar surface area (TPSA) is 55.6 Å². The summed E-state index contributed by atoms with van der Waals surface area (Å²) in [5.41, 5.74) is 3.11. The largest absolute Gasteiger partial charge is 0.312 e. The molecular weight excluding hydrogens is 306 g/mol. The molecule has 0 saturated heterocycles. The normalized spacial score (nSPS) is 12.8. The minimum Gasteiger partial charge on any atom is -0.312 e. The first-order valence-corrected chi connectivity index (χ1v) is 8.46. The van der Waals surface area contributed by atoms with Gasteiger partial charge in [0.15, 0.2) is 0 Å². The molecule has 0 aliphatic heterocycles. The maximum absolute atomic E-state index is 6.45. The van der Waals surface area contributed by atoms with E-state index in [2.05, 4.69) is 33.8 Å². The van der Waals surface area contributed by atoms with Gasteiger partial charge >= 0.3 is 0 Å². The second kappa shape index (κ2) is 7.33. The first-order chi connectivity index (χ1) is 10.1. The standard InChI is InChI=1S/C14H22ClN5S/c1-5-7-10-14(21-19-17-10)11(16-3)8-12-13(15)9(6-2)18-20(12)4/h11,16H,5-8H2,1-4H3. The van der Waals surface area contributed by atoms with Gasteiger partial charge in [-0.1, -0.05) is 36.4 Å². The number of hydrogen-bond donors (Lipinski definition) is 1. The van der Waals surface area contributed by atoms with E-state index in [1.54, 1.807) is 0 Å². The lowest BCUT2D eigenvalue weighted by Gasteiger charge is -2.15. The van der Waals surface area contributed by atoms with Gasteiger partial charge in [-0.2, -0.15) is 5.10 Å². The van der Waals surface area contributed by atoms with Crippen molar-refractivity contribution in [1.82, 2.24) is 24.7 Å². The molecule has 1 N–H and O–H groups in total. The molecular formula is C14H22ClN5S. The third kappa shape index (κ3) is 3.44. The first-order valence-electron chi connectivity index (χ1n) is 7.30. The molecule has 2 rings (SSSR count). The smallest absolute Gasteiger partial charge is 0.0850 e. The molecule has 0 radical (unpaired) electrons. The number of nitrogens with one attached hydrogen (secondary N) is 1. The average Bonchev–Trinajstić information content (AvgIpc) is 3.03. The van der Waals surface area contributed by atoms with Crippen molar-refractivity contribution in [2.45, 2.75) is 45.6 Å². The number of rotatable bonds is 7. The molecule has 1 unspecified atom stereocenters. The van der Waals surface area contributed by atoms with E-state index in [9.17, 15) is 0 Å². The van der Waals surface area contributed by atoms with Crippen LogP contribution in [0, 0.1) is 0 Å². The monoisotopic (exact) mass is 327 g/mol. The molecule has 0 amide bonds. The summed E-state index contributed by atoms with van der Waals surface area (Å²) in [7, 11) is 3.91. The highest BCUT2D eigenvalue weighted by atomic mass is 35.5. The highest BCUT2D eigenvalue weighted by Crippen LogP contribution is 2.29. The summed E-state index contributed by atoms with van der Waals surface area (Å²) in [6.45, 7) is 4.23. The Bertz CT molecular complexity index is 592. The predicted octanol–water partition coefficient (Wildman–Crippen LogP) is 2.94.